The molecule has 2 aromatic rings. The molecule has 2 aliphatic rings. The number of carbonyl (C=O) groups excluding carboxylic acids is 1. The number of alkyl halides is 3. The first kappa shape index (κ1) is 16.7. The summed E-state index contributed by atoms with van der Waals surface area (Å²) in [5.41, 5.74) is 1.39. The third-order valence-electron chi connectivity index (χ3n) is 4.56. The van der Waals surface area contributed by atoms with E-state index < -0.39 is 23.9 Å². The highest BCUT2D eigenvalue weighted by Crippen LogP contribution is 2.42. The van der Waals surface area contributed by atoms with Gasteiger partial charge in [0.2, 0.25) is 5.95 Å². The van der Waals surface area contributed by atoms with Gasteiger partial charge in [-0.15, -0.1) is 5.10 Å². The highest BCUT2D eigenvalue weighted by molar-refractivity contribution is 5.99. The van der Waals surface area contributed by atoms with Crippen molar-refractivity contribution in [3.05, 3.63) is 52.7 Å². The number of ketones is 1. The molecule has 1 aromatic heterocycles. The summed E-state index contributed by atoms with van der Waals surface area (Å²) in [5, 5.41) is 6.42. The summed E-state index contributed by atoms with van der Waals surface area (Å²) in [4.78, 5) is 16.2. The third-order valence-corrected chi connectivity index (χ3v) is 4.56. The van der Waals surface area contributed by atoms with Gasteiger partial charge in [0, 0.05) is 17.7 Å². The van der Waals surface area contributed by atoms with Crippen LogP contribution in [0.3, 0.4) is 0 Å². The van der Waals surface area contributed by atoms with Gasteiger partial charge < -0.3 is 5.32 Å². The number of Topliss-reactive ketones (excluding diaryl/α,β-unsaturated/α-hetero) is 1. The lowest BCUT2D eigenvalue weighted by Gasteiger charge is -2.34. The fraction of sp³-hybridized carbons (Fsp3) is 0.353. The van der Waals surface area contributed by atoms with Crippen LogP contribution in [0.1, 0.15) is 37.2 Å². The molecule has 1 aliphatic carbocycles. The lowest BCUT2D eigenvalue weighted by atomic mass is 9.81. The number of anilines is 1. The fourth-order valence-electron chi connectivity index (χ4n) is 3.48. The van der Waals surface area contributed by atoms with E-state index in [1.54, 1.807) is 0 Å². The summed E-state index contributed by atoms with van der Waals surface area (Å²) in [6.45, 7) is 1.90. The summed E-state index contributed by atoms with van der Waals surface area (Å²) in [6.07, 6.45) is -3.89. The first-order valence-electron chi connectivity index (χ1n) is 8.06. The molecule has 0 amide bonds. The number of hydrogen-bond donors (Lipinski definition) is 1. The van der Waals surface area contributed by atoms with E-state index in [1.165, 1.54) is 24.3 Å². The van der Waals surface area contributed by atoms with Crippen LogP contribution in [0.15, 0.2) is 35.5 Å². The molecule has 4 rings (SSSR count). The van der Waals surface area contributed by atoms with Gasteiger partial charge in [-0.2, -0.15) is 18.2 Å². The van der Waals surface area contributed by atoms with Gasteiger partial charge in [-0.1, -0.05) is 19.1 Å². The zero-order valence-corrected chi connectivity index (χ0v) is 13.6. The number of fused-ring (bicyclic) bond motifs is 1. The molecule has 0 fully saturated rings. The van der Waals surface area contributed by atoms with E-state index in [-0.39, 0.29) is 17.6 Å². The Kier molecular flexibility index (Phi) is 3.64. The maximum absolute atomic E-state index is 13.3. The van der Waals surface area contributed by atoms with E-state index in [4.69, 9.17) is 0 Å². The molecule has 0 saturated heterocycles. The van der Waals surface area contributed by atoms with Crippen LogP contribution >= 0.6 is 0 Å². The number of carbonyl (C=O) groups is 1. The molecule has 0 saturated carbocycles. The molecule has 0 spiro atoms. The number of halogens is 4. The van der Waals surface area contributed by atoms with E-state index in [9.17, 15) is 22.4 Å². The quantitative estimate of drug-likeness (QED) is 0.782. The Bertz CT molecular complexity index is 914. The molecule has 0 unspecified atom stereocenters. The molecule has 5 nitrogen and oxygen atoms in total. The molecule has 136 valence electrons. The lowest BCUT2D eigenvalue weighted by molar-refractivity contribution is -0.145. The molecule has 9 heteroatoms. The van der Waals surface area contributed by atoms with Crippen LogP contribution in [0, 0.1) is 11.7 Å². The van der Waals surface area contributed by atoms with Crippen LogP contribution in [0.2, 0.25) is 0 Å². The normalized spacial score (nSPS) is 22.7. The highest BCUT2D eigenvalue weighted by atomic mass is 19.4. The SMILES string of the molecule is C[C@H]1CC(=O)C2=C(C1)Nc1nc(C(F)(F)F)nn1[C@@H]2c1ccc(F)cc1. The first-order valence-corrected chi connectivity index (χ1v) is 8.06. The smallest absolute Gasteiger partial charge is 0.328 e. The van der Waals surface area contributed by atoms with Gasteiger partial charge in [0.1, 0.15) is 11.9 Å². The van der Waals surface area contributed by atoms with E-state index in [0.717, 1.165) is 4.68 Å². The molecule has 2 heterocycles. The summed E-state index contributed by atoms with van der Waals surface area (Å²) in [7, 11) is 0. The van der Waals surface area contributed by atoms with Gasteiger partial charge in [0.15, 0.2) is 5.78 Å². The van der Waals surface area contributed by atoms with Crippen LogP contribution in [0.4, 0.5) is 23.5 Å². The Morgan fingerprint density at radius 1 is 1.19 bits per heavy atom. The van der Waals surface area contributed by atoms with Crippen molar-refractivity contribution in [1.82, 2.24) is 14.8 Å². The van der Waals surface area contributed by atoms with Crippen molar-refractivity contribution >= 4 is 11.7 Å². The number of rotatable bonds is 1. The fourth-order valence-corrected chi connectivity index (χ4v) is 3.48. The predicted molar refractivity (Wildman–Crippen MR) is 83.6 cm³/mol. The van der Waals surface area contributed by atoms with Crippen molar-refractivity contribution in [2.75, 3.05) is 5.32 Å². The van der Waals surface area contributed by atoms with Crippen LogP contribution in [-0.2, 0) is 11.0 Å². The van der Waals surface area contributed by atoms with Crippen molar-refractivity contribution in [2.24, 2.45) is 5.92 Å². The number of hydrogen-bond acceptors (Lipinski definition) is 4. The van der Waals surface area contributed by atoms with Gasteiger partial charge in [0.05, 0.1) is 0 Å². The van der Waals surface area contributed by atoms with Crippen molar-refractivity contribution in [2.45, 2.75) is 32.0 Å². The Morgan fingerprint density at radius 3 is 2.54 bits per heavy atom. The van der Waals surface area contributed by atoms with E-state index in [2.05, 4.69) is 15.4 Å². The second-order valence-corrected chi connectivity index (χ2v) is 6.61. The largest absolute Gasteiger partial charge is 0.453 e. The molecule has 1 aliphatic heterocycles. The molecular weight excluding hydrogens is 352 g/mol. The minimum Gasteiger partial charge on any atom is -0.328 e. The number of nitrogens with zero attached hydrogens (tertiary/aromatic N) is 3. The highest BCUT2D eigenvalue weighted by Gasteiger charge is 2.42. The Balaban J connectivity index is 1.90. The summed E-state index contributed by atoms with van der Waals surface area (Å²) >= 11 is 0. The average Bonchev–Trinajstić information content (AvgIpc) is 2.97. The molecule has 0 radical (unpaired) electrons. The number of aromatic nitrogens is 3. The Hall–Kier alpha value is -2.71. The molecule has 1 aromatic carbocycles. The Morgan fingerprint density at radius 2 is 1.88 bits per heavy atom. The predicted octanol–water partition coefficient (Wildman–Crippen LogP) is 3.70. The maximum Gasteiger partial charge on any atom is 0.453 e. The monoisotopic (exact) mass is 366 g/mol. The third kappa shape index (κ3) is 2.67. The van der Waals surface area contributed by atoms with E-state index >= 15 is 0 Å². The van der Waals surface area contributed by atoms with Gasteiger partial charge in [-0.25, -0.2) is 9.07 Å². The average molecular weight is 366 g/mol. The second kappa shape index (κ2) is 5.65. The zero-order chi connectivity index (χ0) is 18.6. The van der Waals surface area contributed by atoms with Crippen molar-refractivity contribution in [1.29, 1.82) is 0 Å². The second-order valence-electron chi connectivity index (χ2n) is 6.61. The molecule has 1 N–H and O–H groups in total. The zero-order valence-electron chi connectivity index (χ0n) is 13.6. The molecule has 2 atom stereocenters. The van der Waals surface area contributed by atoms with Crippen LogP contribution < -0.4 is 5.32 Å². The first-order chi connectivity index (χ1) is 12.2. The number of nitrogens with one attached hydrogen (secondary N) is 1. The topological polar surface area (TPSA) is 59.8 Å². The number of benzene rings is 1. The summed E-state index contributed by atoms with van der Waals surface area (Å²) in [6, 6.07) is 4.43. The Labute approximate surface area is 145 Å². The minimum absolute atomic E-state index is 0.0687. The lowest BCUT2D eigenvalue weighted by Crippen LogP contribution is -2.33. The summed E-state index contributed by atoms with van der Waals surface area (Å²) in [5.74, 6) is -1.93. The molecular formula is C17H14F4N4O. The van der Waals surface area contributed by atoms with E-state index in [1.807, 2.05) is 6.92 Å². The maximum atomic E-state index is 13.3. The minimum atomic E-state index is -4.71. The summed E-state index contributed by atoms with van der Waals surface area (Å²) < 4.78 is 53.6. The van der Waals surface area contributed by atoms with Crippen LogP contribution in [-0.4, -0.2) is 20.5 Å². The van der Waals surface area contributed by atoms with Crippen LogP contribution in [0.25, 0.3) is 0 Å². The van der Waals surface area contributed by atoms with Gasteiger partial charge in [-0.05, 0) is 30.0 Å². The van der Waals surface area contributed by atoms with Gasteiger partial charge >= 0.3 is 6.18 Å². The molecule has 0 bridgehead atoms. The number of allylic oxidation sites excluding steroid dienone is 2. The molecule has 26 heavy (non-hydrogen) atoms. The van der Waals surface area contributed by atoms with Crippen LogP contribution in [0.5, 0.6) is 0 Å². The standard InChI is InChI=1S/C17H14F4N4O/c1-8-6-11-13(12(26)7-8)14(9-2-4-10(18)5-3-9)25-16(22-11)23-15(24-25)17(19,20)21/h2-5,8,14H,6-7H2,1H3,(H,22,23,24)/t8-,14-/m1/s1. The van der Waals surface area contributed by atoms with Gasteiger partial charge in [0.25, 0.3) is 5.82 Å². The van der Waals surface area contributed by atoms with E-state index in [0.29, 0.717) is 29.7 Å². The van der Waals surface area contributed by atoms with Gasteiger partial charge in [-0.3, -0.25) is 4.79 Å². The van der Waals surface area contributed by atoms with Crippen molar-refractivity contribution < 1.29 is 22.4 Å². The van der Waals surface area contributed by atoms with Crippen molar-refractivity contribution in [3.63, 3.8) is 0 Å². The van der Waals surface area contributed by atoms with Crippen molar-refractivity contribution in [3.8, 4) is 0 Å².